The summed E-state index contributed by atoms with van der Waals surface area (Å²) in [6.45, 7) is 8.05. The molecule has 0 aliphatic carbocycles. The molecule has 2 aliphatic rings. The predicted octanol–water partition coefficient (Wildman–Crippen LogP) is 4.17. The largest absolute Gasteiger partial charge is 0.361 e. The highest BCUT2D eigenvalue weighted by atomic mass is 35.5. The van der Waals surface area contributed by atoms with Crippen LogP contribution in [0.25, 0.3) is 0 Å². The zero-order valence-electron chi connectivity index (χ0n) is 18.1. The quantitative estimate of drug-likeness (QED) is 0.725. The zero-order chi connectivity index (χ0) is 22.4. The van der Waals surface area contributed by atoms with Gasteiger partial charge in [0.2, 0.25) is 15.9 Å². The van der Waals surface area contributed by atoms with Crippen LogP contribution in [0.15, 0.2) is 41.3 Å². The number of sulfonamides is 1. The molecule has 2 aliphatic heterocycles. The second kappa shape index (κ2) is 8.11. The molecule has 8 heteroatoms. The van der Waals surface area contributed by atoms with Crippen LogP contribution < -0.4 is 10.2 Å². The number of hydrogen-bond acceptors (Lipinski definition) is 4. The van der Waals surface area contributed by atoms with Gasteiger partial charge in [-0.2, -0.15) is 4.31 Å². The molecular weight excluding hydrogens is 434 g/mol. The van der Waals surface area contributed by atoms with E-state index in [4.69, 9.17) is 11.6 Å². The second-order valence-corrected chi connectivity index (χ2v) is 11.4. The Hall–Kier alpha value is -2.09. The number of halogens is 1. The van der Waals surface area contributed by atoms with Gasteiger partial charge in [0.25, 0.3) is 0 Å². The number of anilines is 2. The number of carbonyl (C=O) groups excluding carboxylic acids is 1. The van der Waals surface area contributed by atoms with Crippen LogP contribution in [0.4, 0.5) is 11.4 Å². The number of aryl methyl sites for hydroxylation is 1. The summed E-state index contributed by atoms with van der Waals surface area (Å²) in [5.74, 6) is -0.141. The summed E-state index contributed by atoms with van der Waals surface area (Å²) in [6, 6.07) is 10.7. The van der Waals surface area contributed by atoms with Crippen molar-refractivity contribution >= 4 is 38.9 Å². The van der Waals surface area contributed by atoms with Crippen molar-refractivity contribution in [3.8, 4) is 0 Å². The highest BCUT2D eigenvalue weighted by Gasteiger charge is 2.37. The minimum absolute atomic E-state index is 0.141. The standard InChI is InChI=1S/C23H28ClN3O3S/c1-16-6-7-17(12-20(16)24)25-22(28)14-26-15-23(2,3)19-13-18(8-9-21(19)26)31(29,30)27-10-4-5-11-27/h6-9,12-13H,4-5,10-11,14-15H2,1-3H3,(H,25,28). The average molecular weight is 462 g/mol. The summed E-state index contributed by atoms with van der Waals surface area (Å²) in [5, 5.41) is 3.51. The summed E-state index contributed by atoms with van der Waals surface area (Å²) < 4.78 is 27.6. The summed E-state index contributed by atoms with van der Waals surface area (Å²) >= 11 is 6.16. The van der Waals surface area contributed by atoms with Gasteiger partial charge in [0.1, 0.15) is 0 Å². The van der Waals surface area contributed by atoms with Gasteiger partial charge in [0, 0.05) is 41.4 Å². The van der Waals surface area contributed by atoms with E-state index in [0.29, 0.717) is 35.2 Å². The monoisotopic (exact) mass is 461 g/mol. The molecule has 0 aromatic heterocycles. The molecule has 1 N–H and O–H groups in total. The molecule has 1 saturated heterocycles. The van der Waals surface area contributed by atoms with Crippen molar-refractivity contribution in [2.45, 2.75) is 43.9 Å². The van der Waals surface area contributed by atoms with Gasteiger partial charge < -0.3 is 10.2 Å². The van der Waals surface area contributed by atoms with E-state index < -0.39 is 10.0 Å². The summed E-state index contributed by atoms with van der Waals surface area (Å²) in [6.07, 6.45) is 1.81. The van der Waals surface area contributed by atoms with Crippen LogP contribution in [0.2, 0.25) is 5.02 Å². The van der Waals surface area contributed by atoms with Crippen molar-refractivity contribution < 1.29 is 13.2 Å². The Morgan fingerprint density at radius 1 is 1.13 bits per heavy atom. The molecule has 1 fully saturated rings. The minimum atomic E-state index is -3.48. The van der Waals surface area contributed by atoms with Crippen LogP contribution in [0.1, 0.15) is 37.8 Å². The number of fused-ring (bicyclic) bond motifs is 1. The molecule has 1 amide bonds. The van der Waals surface area contributed by atoms with E-state index in [-0.39, 0.29) is 17.9 Å². The Bertz CT molecular complexity index is 1120. The number of nitrogens with one attached hydrogen (secondary N) is 1. The number of benzene rings is 2. The van der Waals surface area contributed by atoms with Crippen molar-refractivity contribution in [2.75, 3.05) is 36.4 Å². The van der Waals surface area contributed by atoms with Crippen molar-refractivity contribution in [1.82, 2.24) is 4.31 Å². The maximum atomic E-state index is 13.0. The molecule has 31 heavy (non-hydrogen) atoms. The van der Waals surface area contributed by atoms with Gasteiger partial charge in [-0.1, -0.05) is 31.5 Å². The van der Waals surface area contributed by atoms with Crippen LogP contribution in [-0.2, 0) is 20.2 Å². The Balaban J connectivity index is 1.55. The normalized spacial score (nSPS) is 18.3. The Morgan fingerprint density at radius 3 is 2.52 bits per heavy atom. The highest BCUT2D eigenvalue weighted by Crippen LogP contribution is 2.42. The fraction of sp³-hybridized carbons (Fsp3) is 0.435. The molecule has 2 aromatic carbocycles. The van der Waals surface area contributed by atoms with Gasteiger partial charge in [-0.05, 0) is 61.2 Å². The fourth-order valence-corrected chi connectivity index (χ4v) is 6.13. The maximum Gasteiger partial charge on any atom is 0.243 e. The maximum absolute atomic E-state index is 13.0. The van der Waals surface area contributed by atoms with Gasteiger partial charge in [-0.25, -0.2) is 8.42 Å². The lowest BCUT2D eigenvalue weighted by Crippen LogP contribution is -2.35. The molecule has 0 atom stereocenters. The van der Waals surface area contributed by atoms with E-state index in [9.17, 15) is 13.2 Å². The van der Waals surface area contributed by atoms with E-state index in [1.165, 1.54) is 0 Å². The number of hydrogen-bond donors (Lipinski definition) is 1. The number of carbonyl (C=O) groups is 1. The average Bonchev–Trinajstić information content (AvgIpc) is 3.32. The van der Waals surface area contributed by atoms with Crippen molar-refractivity contribution in [1.29, 1.82) is 0 Å². The number of amides is 1. The summed E-state index contributed by atoms with van der Waals surface area (Å²) in [4.78, 5) is 15.0. The van der Waals surface area contributed by atoms with Gasteiger partial charge in [0.15, 0.2) is 0 Å². The van der Waals surface area contributed by atoms with Gasteiger partial charge >= 0.3 is 0 Å². The van der Waals surface area contributed by atoms with Crippen molar-refractivity contribution in [3.63, 3.8) is 0 Å². The van der Waals surface area contributed by atoms with Crippen molar-refractivity contribution in [2.24, 2.45) is 0 Å². The van der Waals surface area contributed by atoms with Crippen LogP contribution in [0.3, 0.4) is 0 Å². The molecule has 6 nitrogen and oxygen atoms in total. The highest BCUT2D eigenvalue weighted by molar-refractivity contribution is 7.89. The van der Waals surface area contributed by atoms with E-state index in [2.05, 4.69) is 19.2 Å². The lowest BCUT2D eigenvalue weighted by Gasteiger charge is -2.22. The van der Waals surface area contributed by atoms with Crippen LogP contribution >= 0.6 is 11.6 Å². The smallest absolute Gasteiger partial charge is 0.243 e. The Morgan fingerprint density at radius 2 is 1.84 bits per heavy atom. The van der Waals surface area contributed by atoms with Crippen LogP contribution in [0, 0.1) is 6.92 Å². The van der Waals surface area contributed by atoms with Gasteiger partial charge in [-0.3, -0.25) is 4.79 Å². The Kier molecular flexibility index (Phi) is 5.79. The lowest BCUT2D eigenvalue weighted by atomic mass is 9.87. The molecule has 2 aromatic rings. The van der Waals surface area contributed by atoms with E-state index in [1.54, 1.807) is 22.5 Å². The predicted molar refractivity (Wildman–Crippen MR) is 124 cm³/mol. The molecule has 0 radical (unpaired) electrons. The fourth-order valence-electron chi connectivity index (χ4n) is 4.40. The van der Waals surface area contributed by atoms with Gasteiger partial charge in [-0.15, -0.1) is 0 Å². The lowest BCUT2D eigenvalue weighted by molar-refractivity contribution is -0.115. The zero-order valence-corrected chi connectivity index (χ0v) is 19.7. The summed E-state index contributed by atoms with van der Waals surface area (Å²) in [5.41, 5.74) is 3.21. The first-order valence-corrected chi connectivity index (χ1v) is 12.4. The van der Waals surface area contributed by atoms with Crippen molar-refractivity contribution in [3.05, 3.63) is 52.5 Å². The molecular formula is C23H28ClN3O3S. The van der Waals surface area contributed by atoms with Crippen LogP contribution in [0.5, 0.6) is 0 Å². The summed E-state index contributed by atoms with van der Waals surface area (Å²) in [7, 11) is -3.48. The number of nitrogens with zero attached hydrogens (tertiary/aromatic N) is 2. The second-order valence-electron chi connectivity index (χ2n) is 9.04. The first-order chi connectivity index (χ1) is 14.6. The topological polar surface area (TPSA) is 69.7 Å². The molecule has 166 valence electrons. The first kappa shape index (κ1) is 22.1. The van der Waals surface area contributed by atoms with Gasteiger partial charge in [0.05, 0.1) is 11.4 Å². The molecule has 0 unspecified atom stereocenters. The van der Waals surface area contributed by atoms with E-state index in [1.807, 2.05) is 30.0 Å². The Labute approximate surface area is 189 Å². The van der Waals surface area contributed by atoms with E-state index >= 15 is 0 Å². The minimum Gasteiger partial charge on any atom is -0.361 e. The third-order valence-corrected chi connectivity index (χ3v) is 8.42. The molecule has 0 bridgehead atoms. The van der Waals surface area contributed by atoms with E-state index in [0.717, 1.165) is 29.7 Å². The molecule has 4 rings (SSSR count). The van der Waals surface area contributed by atoms with Crippen LogP contribution in [-0.4, -0.2) is 44.8 Å². The number of rotatable bonds is 5. The third kappa shape index (κ3) is 4.31. The SMILES string of the molecule is Cc1ccc(NC(=O)CN2CC(C)(C)c3cc(S(=O)(=O)N4CCCC4)ccc32)cc1Cl. The molecule has 0 spiro atoms. The molecule has 2 heterocycles. The first-order valence-electron chi connectivity index (χ1n) is 10.5. The molecule has 0 saturated carbocycles. The third-order valence-electron chi connectivity index (χ3n) is 6.12.